The lowest BCUT2D eigenvalue weighted by Gasteiger charge is -2.08. The lowest BCUT2D eigenvalue weighted by molar-refractivity contribution is 0.317. The van der Waals surface area contributed by atoms with Crippen LogP contribution in [0.2, 0.25) is 0 Å². The molecule has 0 fully saturated rings. The van der Waals surface area contributed by atoms with Gasteiger partial charge in [-0.25, -0.2) is 0 Å². The van der Waals surface area contributed by atoms with Crippen molar-refractivity contribution in [3.05, 3.63) is 52.5 Å². The molecule has 0 aliphatic rings. The lowest BCUT2D eigenvalue weighted by atomic mass is 10.2. The van der Waals surface area contributed by atoms with E-state index in [0.717, 1.165) is 22.4 Å². The molecule has 0 amide bonds. The molecule has 0 spiro atoms. The number of nitrogens with zero attached hydrogens (tertiary/aromatic N) is 1. The summed E-state index contributed by atoms with van der Waals surface area (Å²) in [6, 6.07) is 14.8. The molecule has 0 heterocycles. The molecule has 20 heavy (non-hydrogen) atoms. The van der Waals surface area contributed by atoms with E-state index < -0.39 is 0 Å². The summed E-state index contributed by atoms with van der Waals surface area (Å²) >= 11 is 3.34. The number of halogens is 1. The highest BCUT2D eigenvalue weighted by atomic mass is 79.9. The molecule has 0 radical (unpaired) electrons. The molecule has 0 saturated heterocycles. The van der Waals surface area contributed by atoms with Crippen LogP contribution in [0.5, 0.6) is 17.2 Å². The monoisotopic (exact) mass is 331 g/mol. The molecule has 2 aromatic carbocycles. The van der Waals surface area contributed by atoms with E-state index in [1.54, 1.807) is 18.2 Å². The predicted molar refractivity (Wildman–Crippen MR) is 81.2 cm³/mol. The molecule has 4 heteroatoms. The highest BCUT2D eigenvalue weighted by molar-refractivity contribution is 9.10. The van der Waals surface area contributed by atoms with Gasteiger partial charge in [-0.1, -0.05) is 6.92 Å². The van der Waals surface area contributed by atoms with Gasteiger partial charge < -0.3 is 9.47 Å². The van der Waals surface area contributed by atoms with Gasteiger partial charge in [-0.05, 0) is 64.8 Å². The van der Waals surface area contributed by atoms with Gasteiger partial charge in [0.25, 0.3) is 0 Å². The van der Waals surface area contributed by atoms with Crippen LogP contribution in [0.15, 0.2) is 46.9 Å². The second-order valence-corrected chi connectivity index (χ2v) is 5.03. The zero-order valence-corrected chi connectivity index (χ0v) is 12.7. The van der Waals surface area contributed by atoms with Gasteiger partial charge in [-0.15, -0.1) is 0 Å². The molecule has 0 N–H and O–H groups in total. The van der Waals surface area contributed by atoms with Crippen molar-refractivity contribution in [1.29, 1.82) is 5.26 Å². The molecule has 2 aromatic rings. The van der Waals surface area contributed by atoms with Crippen LogP contribution in [0.4, 0.5) is 0 Å². The van der Waals surface area contributed by atoms with Crippen molar-refractivity contribution in [1.82, 2.24) is 0 Å². The summed E-state index contributed by atoms with van der Waals surface area (Å²) in [5.41, 5.74) is 0.584. The summed E-state index contributed by atoms with van der Waals surface area (Å²) in [4.78, 5) is 0. The molecule has 0 aliphatic carbocycles. The first-order valence-electron chi connectivity index (χ1n) is 6.33. The van der Waals surface area contributed by atoms with E-state index in [9.17, 15) is 0 Å². The van der Waals surface area contributed by atoms with Crippen molar-refractivity contribution in [2.24, 2.45) is 0 Å². The molecule has 102 valence electrons. The van der Waals surface area contributed by atoms with Crippen LogP contribution in [-0.2, 0) is 0 Å². The van der Waals surface area contributed by atoms with E-state index in [0.29, 0.717) is 17.9 Å². The molecule has 0 atom stereocenters. The highest BCUT2D eigenvalue weighted by Gasteiger charge is 2.03. The molecular formula is C16H14BrNO2. The average molecular weight is 332 g/mol. The first kappa shape index (κ1) is 14.4. The van der Waals surface area contributed by atoms with Crippen LogP contribution in [0.25, 0.3) is 0 Å². The maximum Gasteiger partial charge on any atom is 0.128 e. The third-order valence-corrected chi connectivity index (χ3v) is 3.25. The Morgan fingerprint density at radius 2 is 1.70 bits per heavy atom. The van der Waals surface area contributed by atoms with Gasteiger partial charge in [-0.2, -0.15) is 5.26 Å². The Balaban J connectivity index is 2.06. The molecule has 0 unspecified atom stereocenters. The van der Waals surface area contributed by atoms with Crippen molar-refractivity contribution in [2.45, 2.75) is 13.3 Å². The van der Waals surface area contributed by atoms with Crippen molar-refractivity contribution < 1.29 is 9.47 Å². The van der Waals surface area contributed by atoms with Crippen LogP contribution in [-0.4, -0.2) is 6.61 Å². The Morgan fingerprint density at radius 1 is 1.05 bits per heavy atom. The minimum absolute atomic E-state index is 0.584. The number of hydrogen-bond acceptors (Lipinski definition) is 3. The van der Waals surface area contributed by atoms with Gasteiger partial charge in [-0.3, -0.25) is 0 Å². The minimum atomic E-state index is 0.584. The third-order valence-electron chi connectivity index (χ3n) is 2.59. The quantitative estimate of drug-likeness (QED) is 0.782. The Morgan fingerprint density at radius 3 is 2.30 bits per heavy atom. The van der Waals surface area contributed by atoms with Gasteiger partial charge >= 0.3 is 0 Å². The average Bonchev–Trinajstić information content (AvgIpc) is 2.47. The van der Waals surface area contributed by atoms with Crippen LogP contribution in [0.1, 0.15) is 18.9 Å². The largest absolute Gasteiger partial charge is 0.494 e. The van der Waals surface area contributed by atoms with E-state index in [1.165, 1.54) is 0 Å². The first-order valence-corrected chi connectivity index (χ1v) is 7.12. The fourth-order valence-corrected chi connectivity index (χ4v) is 2.06. The Labute approximate surface area is 126 Å². The van der Waals surface area contributed by atoms with Gasteiger partial charge in [0.2, 0.25) is 0 Å². The number of hydrogen-bond donors (Lipinski definition) is 0. The minimum Gasteiger partial charge on any atom is -0.494 e. The van der Waals surface area contributed by atoms with E-state index in [-0.39, 0.29) is 0 Å². The van der Waals surface area contributed by atoms with Crippen LogP contribution < -0.4 is 9.47 Å². The second kappa shape index (κ2) is 6.97. The molecule has 0 aliphatic heterocycles. The Hall–Kier alpha value is -1.99. The number of rotatable bonds is 5. The molecule has 2 rings (SSSR count). The number of nitriles is 1. The summed E-state index contributed by atoms with van der Waals surface area (Å²) in [5.74, 6) is 2.24. The highest BCUT2D eigenvalue weighted by Crippen LogP contribution is 2.27. The van der Waals surface area contributed by atoms with E-state index >= 15 is 0 Å². The molecular weight excluding hydrogens is 318 g/mol. The standard InChI is InChI=1S/C16H14BrNO2/c1-2-9-19-13-5-7-14(8-6-13)20-15-4-3-12(11-18)16(17)10-15/h3-8,10H,2,9H2,1H3. The Kier molecular flexibility index (Phi) is 5.03. The molecule has 0 aromatic heterocycles. The summed E-state index contributed by atoms with van der Waals surface area (Å²) in [7, 11) is 0. The first-order chi connectivity index (χ1) is 9.72. The SMILES string of the molecule is CCCOc1ccc(Oc2ccc(C#N)c(Br)c2)cc1. The van der Waals surface area contributed by atoms with Crippen molar-refractivity contribution in [2.75, 3.05) is 6.61 Å². The number of ether oxygens (including phenoxy) is 2. The molecule has 3 nitrogen and oxygen atoms in total. The van der Waals surface area contributed by atoms with Gasteiger partial charge in [0.1, 0.15) is 23.3 Å². The predicted octanol–water partition coefficient (Wildman–Crippen LogP) is 4.90. The van der Waals surface area contributed by atoms with Gasteiger partial charge in [0.15, 0.2) is 0 Å². The smallest absolute Gasteiger partial charge is 0.128 e. The van der Waals surface area contributed by atoms with Gasteiger partial charge in [0, 0.05) is 4.47 Å². The third kappa shape index (κ3) is 3.75. The summed E-state index contributed by atoms with van der Waals surface area (Å²) in [6.07, 6.45) is 0.984. The second-order valence-electron chi connectivity index (χ2n) is 4.18. The normalized spacial score (nSPS) is 9.85. The number of benzene rings is 2. The summed E-state index contributed by atoms with van der Waals surface area (Å²) < 4.78 is 12.0. The summed E-state index contributed by atoms with van der Waals surface area (Å²) in [5, 5.41) is 8.87. The maximum absolute atomic E-state index is 8.87. The molecule has 0 bridgehead atoms. The summed E-state index contributed by atoms with van der Waals surface area (Å²) in [6.45, 7) is 2.78. The van der Waals surface area contributed by atoms with Crippen molar-refractivity contribution in [3.63, 3.8) is 0 Å². The maximum atomic E-state index is 8.87. The van der Waals surface area contributed by atoms with Crippen LogP contribution >= 0.6 is 15.9 Å². The van der Waals surface area contributed by atoms with E-state index in [2.05, 4.69) is 28.9 Å². The fraction of sp³-hybridized carbons (Fsp3) is 0.188. The van der Waals surface area contributed by atoms with Crippen molar-refractivity contribution in [3.8, 4) is 23.3 Å². The topological polar surface area (TPSA) is 42.2 Å². The van der Waals surface area contributed by atoms with Gasteiger partial charge in [0.05, 0.1) is 12.2 Å². The van der Waals surface area contributed by atoms with Crippen LogP contribution in [0.3, 0.4) is 0 Å². The Bertz CT molecular complexity index is 617. The van der Waals surface area contributed by atoms with Crippen molar-refractivity contribution >= 4 is 15.9 Å². The molecule has 0 saturated carbocycles. The lowest BCUT2D eigenvalue weighted by Crippen LogP contribution is -1.94. The van der Waals surface area contributed by atoms with Crippen LogP contribution in [0, 0.1) is 11.3 Å². The fourth-order valence-electron chi connectivity index (χ4n) is 1.61. The van der Waals surface area contributed by atoms with E-state index in [1.807, 2.05) is 24.3 Å². The zero-order valence-electron chi connectivity index (χ0n) is 11.1. The zero-order chi connectivity index (χ0) is 14.4. The van der Waals surface area contributed by atoms with E-state index in [4.69, 9.17) is 14.7 Å².